The van der Waals surface area contributed by atoms with Gasteiger partial charge in [0.05, 0.1) is 5.52 Å². The molecular weight excluding hydrogens is 255 g/mol. The molecule has 0 amide bonds. The van der Waals surface area contributed by atoms with Crippen molar-refractivity contribution in [2.75, 3.05) is 7.05 Å². The number of halogens is 1. The molecule has 5 heteroatoms. The molecule has 1 atom stereocenters. The average Bonchev–Trinajstić information content (AvgIpc) is 2.90. The van der Waals surface area contributed by atoms with Gasteiger partial charge in [0.1, 0.15) is 17.0 Å². The SMILES string of the molecule is CNC(C)c1cccc(F)c1-n1nnc2ccccc21. The van der Waals surface area contributed by atoms with Crippen LogP contribution in [0, 0.1) is 5.82 Å². The monoisotopic (exact) mass is 270 g/mol. The number of aromatic nitrogens is 3. The molecule has 0 radical (unpaired) electrons. The van der Waals surface area contributed by atoms with E-state index in [9.17, 15) is 4.39 Å². The highest BCUT2D eigenvalue weighted by Gasteiger charge is 2.17. The second-order valence-corrected chi connectivity index (χ2v) is 4.68. The molecule has 0 saturated heterocycles. The van der Waals surface area contributed by atoms with Gasteiger partial charge in [-0.1, -0.05) is 29.5 Å². The van der Waals surface area contributed by atoms with Crippen LogP contribution in [0.15, 0.2) is 42.5 Å². The van der Waals surface area contributed by atoms with E-state index >= 15 is 0 Å². The van der Waals surface area contributed by atoms with Gasteiger partial charge in [-0.05, 0) is 37.7 Å². The summed E-state index contributed by atoms with van der Waals surface area (Å²) in [6.07, 6.45) is 0. The quantitative estimate of drug-likeness (QED) is 0.795. The van der Waals surface area contributed by atoms with Gasteiger partial charge in [0, 0.05) is 6.04 Å². The van der Waals surface area contributed by atoms with Crippen LogP contribution in [-0.4, -0.2) is 22.0 Å². The van der Waals surface area contributed by atoms with Gasteiger partial charge < -0.3 is 5.32 Å². The molecule has 2 aromatic carbocycles. The van der Waals surface area contributed by atoms with Crippen LogP contribution >= 0.6 is 0 Å². The smallest absolute Gasteiger partial charge is 0.149 e. The zero-order chi connectivity index (χ0) is 14.1. The Morgan fingerprint density at radius 2 is 1.95 bits per heavy atom. The van der Waals surface area contributed by atoms with Gasteiger partial charge in [0.15, 0.2) is 0 Å². The molecule has 3 aromatic rings. The molecule has 4 nitrogen and oxygen atoms in total. The Balaban J connectivity index is 2.28. The normalized spacial score (nSPS) is 12.8. The molecule has 20 heavy (non-hydrogen) atoms. The zero-order valence-electron chi connectivity index (χ0n) is 11.3. The predicted octanol–water partition coefficient (Wildman–Crippen LogP) is 2.84. The van der Waals surface area contributed by atoms with E-state index in [0.29, 0.717) is 5.69 Å². The van der Waals surface area contributed by atoms with Crippen LogP contribution in [0.5, 0.6) is 0 Å². The molecule has 0 fully saturated rings. The van der Waals surface area contributed by atoms with Gasteiger partial charge in [-0.15, -0.1) is 5.10 Å². The number of hydrogen-bond donors (Lipinski definition) is 1. The Hall–Kier alpha value is -2.27. The third-order valence-electron chi connectivity index (χ3n) is 3.48. The average molecular weight is 270 g/mol. The zero-order valence-corrected chi connectivity index (χ0v) is 11.3. The van der Waals surface area contributed by atoms with E-state index in [0.717, 1.165) is 16.6 Å². The molecule has 1 unspecified atom stereocenters. The van der Waals surface area contributed by atoms with Gasteiger partial charge in [-0.2, -0.15) is 0 Å². The van der Waals surface area contributed by atoms with E-state index in [-0.39, 0.29) is 11.9 Å². The van der Waals surface area contributed by atoms with Crippen LogP contribution in [0.4, 0.5) is 4.39 Å². The van der Waals surface area contributed by atoms with Crippen LogP contribution in [0.3, 0.4) is 0 Å². The van der Waals surface area contributed by atoms with Crippen LogP contribution in [0.2, 0.25) is 0 Å². The largest absolute Gasteiger partial charge is 0.313 e. The van der Waals surface area contributed by atoms with Crippen molar-refractivity contribution in [3.8, 4) is 5.69 Å². The van der Waals surface area contributed by atoms with E-state index in [1.54, 1.807) is 10.7 Å². The van der Waals surface area contributed by atoms with Crippen molar-refractivity contribution in [1.29, 1.82) is 0 Å². The minimum absolute atomic E-state index is 0.0173. The van der Waals surface area contributed by atoms with E-state index in [1.165, 1.54) is 6.07 Å². The summed E-state index contributed by atoms with van der Waals surface area (Å²) in [6.45, 7) is 1.98. The van der Waals surface area contributed by atoms with Crippen molar-refractivity contribution in [2.45, 2.75) is 13.0 Å². The summed E-state index contributed by atoms with van der Waals surface area (Å²) in [6, 6.07) is 12.6. The predicted molar refractivity (Wildman–Crippen MR) is 76.3 cm³/mol. The minimum Gasteiger partial charge on any atom is -0.313 e. The molecule has 1 heterocycles. The van der Waals surface area contributed by atoms with Crippen molar-refractivity contribution >= 4 is 11.0 Å². The summed E-state index contributed by atoms with van der Waals surface area (Å²) in [5, 5.41) is 11.3. The molecule has 0 saturated carbocycles. The highest BCUT2D eigenvalue weighted by Crippen LogP contribution is 2.26. The number of fused-ring (bicyclic) bond motifs is 1. The fraction of sp³-hybridized carbons (Fsp3) is 0.200. The number of nitrogens with zero attached hydrogens (tertiary/aromatic N) is 3. The first-order chi connectivity index (χ1) is 9.72. The van der Waals surface area contributed by atoms with Gasteiger partial charge in [0.25, 0.3) is 0 Å². The Morgan fingerprint density at radius 3 is 2.75 bits per heavy atom. The van der Waals surface area contributed by atoms with Crippen LogP contribution in [0.25, 0.3) is 16.7 Å². The molecule has 0 spiro atoms. The summed E-state index contributed by atoms with van der Waals surface area (Å²) >= 11 is 0. The highest BCUT2D eigenvalue weighted by molar-refractivity contribution is 5.76. The molecular formula is C15H15FN4. The summed E-state index contributed by atoms with van der Waals surface area (Å²) in [5.74, 6) is -0.305. The molecule has 0 aliphatic heterocycles. The molecule has 3 rings (SSSR count). The number of nitrogens with one attached hydrogen (secondary N) is 1. The summed E-state index contributed by atoms with van der Waals surface area (Å²) in [5.41, 5.74) is 2.84. The summed E-state index contributed by atoms with van der Waals surface area (Å²) < 4.78 is 15.9. The number of benzene rings is 2. The van der Waals surface area contributed by atoms with Gasteiger partial charge >= 0.3 is 0 Å². The van der Waals surface area contributed by atoms with Crippen molar-refractivity contribution in [1.82, 2.24) is 20.3 Å². The Labute approximate surface area is 116 Å². The fourth-order valence-corrected chi connectivity index (χ4v) is 2.29. The molecule has 1 aromatic heterocycles. The fourth-order valence-electron chi connectivity index (χ4n) is 2.29. The van der Waals surface area contributed by atoms with Crippen LogP contribution < -0.4 is 5.32 Å². The maximum absolute atomic E-state index is 14.3. The Kier molecular flexibility index (Phi) is 3.20. The van der Waals surface area contributed by atoms with Gasteiger partial charge in [-0.3, -0.25) is 0 Å². The third-order valence-corrected chi connectivity index (χ3v) is 3.48. The Morgan fingerprint density at radius 1 is 1.15 bits per heavy atom. The first-order valence-corrected chi connectivity index (χ1v) is 6.49. The van der Waals surface area contributed by atoms with E-state index < -0.39 is 0 Å². The lowest BCUT2D eigenvalue weighted by molar-refractivity contribution is 0.588. The maximum atomic E-state index is 14.3. The molecule has 0 aliphatic rings. The van der Waals surface area contributed by atoms with Gasteiger partial charge in [0.2, 0.25) is 0 Å². The molecule has 0 aliphatic carbocycles. The minimum atomic E-state index is -0.305. The first kappa shape index (κ1) is 12.7. The number of hydrogen-bond acceptors (Lipinski definition) is 3. The maximum Gasteiger partial charge on any atom is 0.149 e. The van der Waals surface area contributed by atoms with Gasteiger partial charge in [-0.25, -0.2) is 9.07 Å². The van der Waals surface area contributed by atoms with E-state index in [1.807, 2.05) is 44.3 Å². The lowest BCUT2D eigenvalue weighted by atomic mass is 10.1. The van der Waals surface area contributed by atoms with Crippen molar-refractivity contribution in [3.05, 3.63) is 53.8 Å². The topological polar surface area (TPSA) is 42.7 Å². The second-order valence-electron chi connectivity index (χ2n) is 4.68. The molecule has 0 bridgehead atoms. The summed E-state index contributed by atoms with van der Waals surface area (Å²) in [4.78, 5) is 0. The molecule has 102 valence electrons. The van der Waals surface area contributed by atoms with E-state index in [2.05, 4.69) is 15.6 Å². The first-order valence-electron chi connectivity index (χ1n) is 6.49. The van der Waals surface area contributed by atoms with Crippen LogP contribution in [-0.2, 0) is 0 Å². The lowest BCUT2D eigenvalue weighted by Gasteiger charge is -2.16. The molecule has 1 N–H and O–H groups in total. The summed E-state index contributed by atoms with van der Waals surface area (Å²) in [7, 11) is 1.85. The Bertz CT molecular complexity index is 750. The third kappa shape index (κ3) is 1.96. The van der Waals surface area contributed by atoms with Crippen LogP contribution in [0.1, 0.15) is 18.5 Å². The lowest BCUT2D eigenvalue weighted by Crippen LogP contribution is -2.16. The van der Waals surface area contributed by atoms with Crippen molar-refractivity contribution < 1.29 is 4.39 Å². The number of rotatable bonds is 3. The van der Waals surface area contributed by atoms with Crippen molar-refractivity contribution in [2.24, 2.45) is 0 Å². The van der Waals surface area contributed by atoms with E-state index in [4.69, 9.17) is 0 Å². The number of para-hydroxylation sites is 2. The second kappa shape index (κ2) is 5.02. The highest BCUT2D eigenvalue weighted by atomic mass is 19.1. The van der Waals surface area contributed by atoms with Crippen molar-refractivity contribution in [3.63, 3.8) is 0 Å². The standard InChI is InChI=1S/C15H15FN4/c1-10(17-2)11-6-5-7-12(16)15(11)20-14-9-4-3-8-13(14)18-19-20/h3-10,17H,1-2H3.